The second-order valence-corrected chi connectivity index (χ2v) is 8.14. The summed E-state index contributed by atoms with van der Waals surface area (Å²) in [6, 6.07) is 5.08. The molecule has 0 radical (unpaired) electrons. The number of rotatable bonds is 9. The van der Waals surface area contributed by atoms with E-state index in [1.165, 1.54) is 27.4 Å². The Kier molecular flexibility index (Phi) is 8.28. The van der Waals surface area contributed by atoms with E-state index in [2.05, 4.69) is 11.9 Å². The van der Waals surface area contributed by atoms with Crippen LogP contribution in [0.5, 0.6) is 34.5 Å². The Hall–Kier alpha value is -3.39. The van der Waals surface area contributed by atoms with Gasteiger partial charge in [-0.1, -0.05) is 0 Å². The molecule has 1 saturated heterocycles. The van der Waals surface area contributed by atoms with E-state index in [4.69, 9.17) is 23.7 Å². The Morgan fingerprint density at radius 2 is 1.44 bits per heavy atom. The number of aromatic hydroxyl groups is 1. The molecule has 0 unspecified atom stereocenters. The molecular weight excluding hydrogens is 438 g/mol. The Morgan fingerprint density at radius 3 is 1.94 bits per heavy atom. The number of carbonyl (C=O) groups is 1. The van der Waals surface area contributed by atoms with Gasteiger partial charge in [0.15, 0.2) is 5.78 Å². The predicted octanol–water partition coefficient (Wildman–Crippen LogP) is 4.14. The van der Waals surface area contributed by atoms with Gasteiger partial charge in [0.25, 0.3) is 0 Å². The van der Waals surface area contributed by atoms with Gasteiger partial charge in [0.1, 0.15) is 40.1 Å². The van der Waals surface area contributed by atoms with E-state index >= 15 is 0 Å². The van der Waals surface area contributed by atoms with E-state index in [1.54, 1.807) is 38.5 Å². The minimum Gasteiger partial charge on any atom is -0.507 e. The molecule has 0 amide bonds. The third-order valence-corrected chi connectivity index (χ3v) is 6.23. The van der Waals surface area contributed by atoms with Gasteiger partial charge in [-0.15, -0.1) is 0 Å². The van der Waals surface area contributed by atoms with E-state index in [1.807, 2.05) is 0 Å². The normalized spacial score (nSPS) is 14.8. The first kappa shape index (κ1) is 25.2. The molecule has 0 aromatic heterocycles. The summed E-state index contributed by atoms with van der Waals surface area (Å²) in [4.78, 5) is 15.6. The van der Waals surface area contributed by atoms with E-state index in [9.17, 15) is 9.90 Å². The van der Waals surface area contributed by atoms with Crippen LogP contribution in [0.2, 0.25) is 0 Å². The van der Waals surface area contributed by atoms with Crippen molar-refractivity contribution in [1.82, 2.24) is 4.90 Å². The summed E-state index contributed by atoms with van der Waals surface area (Å²) in [5.41, 5.74) is 1.31. The molecule has 8 heteroatoms. The number of phenolic OH excluding ortho intramolecular Hbond substituents is 1. The molecule has 184 valence electrons. The van der Waals surface area contributed by atoms with Crippen LogP contribution in [0, 0.1) is 0 Å². The SMILES string of the molecule is COc1cc(OC)c(/C=C/C(=O)c2c(OC)cc(OC)c(C3CCN(C)CC3)c2O)c(OC)c1. The fraction of sp³-hybridized carbons (Fsp3) is 0.423. The van der Waals surface area contributed by atoms with Crippen LogP contribution in [0.4, 0.5) is 0 Å². The molecule has 1 aliphatic rings. The summed E-state index contributed by atoms with van der Waals surface area (Å²) in [5, 5.41) is 11.3. The van der Waals surface area contributed by atoms with Crippen LogP contribution in [0.15, 0.2) is 24.3 Å². The van der Waals surface area contributed by atoms with Crippen molar-refractivity contribution in [2.24, 2.45) is 0 Å². The monoisotopic (exact) mass is 471 g/mol. The van der Waals surface area contributed by atoms with Gasteiger partial charge < -0.3 is 33.7 Å². The number of benzene rings is 2. The molecule has 8 nitrogen and oxygen atoms in total. The van der Waals surface area contributed by atoms with Gasteiger partial charge in [0.2, 0.25) is 0 Å². The molecule has 0 atom stereocenters. The Balaban J connectivity index is 2.05. The quantitative estimate of drug-likeness (QED) is 0.431. The average Bonchev–Trinajstić information content (AvgIpc) is 2.86. The molecule has 0 spiro atoms. The smallest absolute Gasteiger partial charge is 0.193 e. The van der Waals surface area contributed by atoms with Gasteiger partial charge in [-0.3, -0.25) is 4.79 Å². The molecule has 1 heterocycles. The van der Waals surface area contributed by atoms with Gasteiger partial charge in [-0.25, -0.2) is 0 Å². The van der Waals surface area contributed by atoms with E-state index < -0.39 is 5.78 Å². The van der Waals surface area contributed by atoms with Crippen LogP contribution in [0.25, 0.3) is 6.08 Å². The lowest BCUT2D eigenvalue weighted by Gasteiger charge is -2.31. The summed E-state index contributed by atoms with van der Waals surface area (Å²) in [6.45, 7) is 1.80. The van der Waals surface area contributed by atoms with Crippen LogP contribution in [0.1, 0.15) is 40.2 Å². The van der Waals surface area contributed by atoms with Crippen molar-refractivity contribution < 1.29 is 33.6 Å². The second kappa shape index (κ2) is 11.2. The minimum absolute atomic E-state index is 0.0781. The number of nitrogens with zero attached hydrogens (tertiary/aromatic N) is 1. The number of methoxy groups -OCH3 is 5. The fourth-order valence-electron chi connectivity index (χ4n) is 4.34. The van der Waals surface area contributed by atoms with Gasteiger partial charge in [0, 0.05) is 23.8 Å². The highest BCUT2D eigenvalue weighted by molar-refractivity contribution is 6.11. The number of phenols is 1. The van der Waals surface area contributed by atoms with Crippen LogP contribution in [-0.2, 0) is 0 Å². The zero-order valence-electron chi connectivity index (χ0n) is 20.6. The molecule has 2 aromatic rings. The number of ketones is 1. The summed E-state index contributed by atoms with van der Waals surface area (Å²) in [6.07, 6.45) is 4.68. The summed E-state index contributed by atoms with van der Waals surface area (Å²) in [5.74, 6) is 1.86. The number of allylic oxidation sites excluding steroid dienone is 1. The van der Waals surface area contributed by atoms with Crippen molar-refractivity contribution >= 4 is 11.9 Å². The largest absolute Gasteiger partial charge is 0.507 e. The first-order chi connectivity index (χ1) is 16.4. The number of ether oxygens (including phenoxy) is 5. The highest BCUT2D eigenvalue weighted by Crippen LogP contribution is 2.46. The molecule has 0 aliphatic carbocycles. The lowest BCUT2D eigenvalue weighted by molar-refractivity contribution is 0.104. The number of hydrogen-bond donors (Lipinski definition) is 1. The molecule has 3 rings (SSSR count). The topological polar surface area (TPSA) is 86.7 Å². The fourth-order valence-corrected chi connectivity index (χ4v) is 4.34. The third kappa shape index (κ3) is 5.07. The molecule has 2 aromatic carbocycles. The molecule has 1 N–H and O–H groups in total. The maximum absolute atomic E-state index is 13.3. The van der Waals surface area contributed by atoms with Gasteiger partial charge >= 0.3 is 0 Å². The highest BCUT2D eigenvalue weighted by Gasteiger charge is 2.30. The lowest BCUT2D eigenvalue weighted by atomic mass is 9.86. The van der Waals surface area contributed by atoms with Crippen LogP contribution in [-0.4, -0.2) is 71.5 Å². The first-order valence-corrected chi connectivity index (χ1v) is 11.1. The third-order valence-electron chi connectivity index (χ3n) is 6.23. The van der Waals surface area contributed by atoms with Crippen molar-refractivity contribution in [3.05, 3.63) is 41.0 Å². The number of piperidine rings is 1. The van der Waals surface area contributed by atoms with Crippen molar-refractivity contribution in [3.63, 3.8) is 0 Å². The summed E-state index contributed by atoms with van der Waals surface area (Å²) < 4.78 is 27.2. The second-order valence-electron chi connectivity index (χ2n) is 8.14. The van der Waals surface area contributed by atoms with E-state index in [0.29, 0.717) is 34.1 Å². The summed E-state index contributed by atoms with van der Waals surface area (Å²) >= 11 is 0. The maximum atomic E-state index is 13.3. The number of hydrogen-bond acceptors (Lipinski definition) is 8. The van der Waals surface area contributed by atoms with Gasteiger partial charge in [-0.05, 0) is 51.0 Å². The van der Waals surface area contributed by atoms with E-state index in [0.717, 1.165) is 25.9 Å². The molecule has 0 saturated carbocycles. The molecule has 1 fully saturated rings. The first-order valence-electron chi connectivity index (χ1n) is 11.1. The number of likely N-dealkylation sites (tertiary alicyclic amines) is 1. The highest BCUT2D eigenvalue weighted by atomic mass is 16.5. The van der Waals surface area contributed by atoms with Crippen LogP contribution in [0.3, 0.4) is 0 Å². The van der Waals surface area contributed by atoms with Crippen molar-refractivity contribution in [2.75, 3.05) is 55.7 Å². The average molecular weight is 472 g/mol. The Bertz CT molecular complexity index is 1030. The molecule has 34 heavy (non-hydrogen) atoms. The van der Waals surface area contributed by atoms with Crippen molar-refractivity contribution in [1.29, 1.82) is 0 Å². The van der Waals surface area contributed by atoms with Crippen molar-refractivity contribution in [3.8, 4) is 34.5 Å². The predicted molar refractivity (Wildman–Crippen MR) is 130 cm³/mol. The Morgan fingerprint density at radius 1 is 0.882 bits per heavy atom. The van der Waals surface area contributed by atoms with Crippen LogP contribution >= 0.6 is 0 Å². The van der Waals surface area contributed by atoms with E-state index in [-0.39, 0.29) is 23.0 Å². The van der Waals surface area contributed by atoms with Gasteiger partial charge in [-0.2, -0.15) is 0 Å². The number of carbonyl (C=O) groups excluding carboxylic acids is 1. The maximum Gasteiger partial charge on any atom is 0.193 e. The lowest BCUT2D eigenvalue weighted by Crippen LogP contribution is -2.29. The zero-order chi connectivity index (χ0) is 24.8. The zero-order valence-corrected chi connectivity index (χ0v) is 20.6. The Labute approximate surface area is 200 Å². The minimum atomic E-state index is -0.411. The molecule has 0 bridgehead atoms. The molecule has 1 aliphatic heterocycles. The standard InChI is InChI=1S/C26H33NO7/c1-27-11-9-16(10-12-27)24-22(33-5)15-23(34-6)25(26(24)29)19(28)8-7-18-20(31-3)13-17(30-2)14-21(18)32-4/h7-8,13-16,29H,9-12H2,1-6H3/b8-7+. The molecular formula is C26H33NO7. The van der Waals surface area contributed by atoms with Crippen LogP contribution < -0.4 is 23.7 Å². The van der Waals surface area contributed by atoms with Crippen molar-refractivity contribution in [2.45, 2.75) is 18.8 Å². The van der Waals surface area contributed by atoms with Gasteiger partial charge in [0.05, 0.1) is 41.1 Å². The summed E-state index contributed by atoms with van der Waals surface area (Å²) in [7, 11) is 9.69.